The lowest BCUT2D eigenvalue weighted by atomic mass is 10.2. The van der Waals surface area contributed by atoms with Crippen LogP contribution in [0.2, 0.25) is 0 Å². The lowest BCUT2D eigenvalue weighted by Crippen LogP contribution is -2.29. The fraction of sp³-hybridized carbons (Fsp3) is 0.208. The molecule has 0 aromatic heterocycles. The van der Waals surface area contributed by atoms with Gasteiger partial charge in [-0.3, -0.25) is 0 Å². The fourth-order valence-corrected chi connectivity index (χ4v) is 3.51. The number of nitrogens with one attached hydrogen (secondary N) is 3. The maximum Gasteiger partial charge on any atom is 0.323 e. The molecule has 3 N–H and O–H groups in total. The highest BCUT2D eigenvalue weighted by Gasteiger charge is 2.20. The van der Waals surface area contributed by atoms with Crippen LogP contribution < -0.4 is 25.6 Å². The zero-order chi connectivity index (χ0) is 20.8. The summed E-state index contributed by atoms with van der Waals surface area (Å²) in [6.45, 7) is 2.05. The molecule has 1 aliphatic rings. The number of anilines is 3. The van der Waals surface area contributed by atoms with Crippen molar-refractivity contribution in [3.8, 4) is 11.5 Å². The van der Waals surface area contributed by atoms with Crippen molar-refractivity contribution in [3.05, 3.63) is 78.9 Å². The largest absolute Gasteiger partial charge is 0.457 e. The van der Waals surface area contributed by atoms with E-state index >= 15 is 0 Å². The van der Waals surface area contributed by atoms with Gasteiger partial charge in [0.05, 0.1) is 0 Å². The van der Waals surface area contributed by atoms with Gasteiger partial charge in [0.2, 0.25) is 0 Å². The van der Waals surface area contributed by atoms with Gasteiger partial charge in [-0.2, -0.15) is 0 Å². The molecule has 0 radical (unpaired) electrons. The Kier molecular flexibility index (Phi) is 6.15. The van der Waals surface area contributed by atoms with Crippen molar-refractivity contribution in [1.29, 1.82) is 0 Å². The normalized spacial score (nSPS) is 15.6. The molecule has 0 spiro atoms. The second-order valence-corrected chi connectivity index (χ2v) is 7.29. The smallest absolute Gasteiger partial charge is 0.323 e. The van der Waals surface area contributed by atoms with E-state index in [0.29, 0.717) is 17.5 Å². The Morgan fingerprint density at radius 3 is 2.07 bits per heavy atom. The zero-order valence-electron chi connectivity index (χ0n) is 17.0. The molecule has 154 valence electrons. The van der Waals surface area contributed by atoms with Crippen LogP contribution >= 0.6 is 0 Å². The van der Waals surface area contributed by atoms with Crippen molar-refractivity contribution in [3.63, 3.8) is 0 Å². The summed E-state index contributed by atoms with van der Waals surface area (Å²) in [6.07, 6.45) is 1.15. The van der Waals surface area contributed by atoms with Gasteiger partial charge < -0.3 is 25.6 Å². The zero-order valence-corrected chi connectivity index (χ0v) is 17.0. The molecule has 3 aromatic carbocycles. The third kappa shape index (κ3) is 5.10. The lowest BCUT2D eigenvalue weighted by Gasteiger charge is -2.19. The summed E-state index contributed by atoms with van der Waals surface area (Å²) in [5.41, 5.74) is 2.62. The minimum absolute atomic E-state index is 0.282. The summed E-state index contributed by atoms with van der Waals surface area (Å²) < 4.78 is 5.76. The highest BCUT2D eigenvalue weighted by atomic mass is 16.5. The molecular formula is C24H26N4O2. The Morgan fingerprint density at radius 1 is 0.867 bits per heavy atom. The molecular weight excluding hydrogens is 376 g/mol. The van der Waals surface area contributed by atoms with Crippen molar-refractivity contribution in [2.24, 2.45) is 0 Å². The van der Waals surface area contributed by atoms with Gasteiger partial charge in [-0.1, -0.05) is 18.2 Å². The van der Waals surface area contributed by atoms with Crippen LogP contribution in [0.25, 0.3) is 0 Å². The number of nitrogens with zero attached hydrogens (tertiary/aromatic N) is 1. The fourth-order valence-electron chi connectivity index (χ4n) is 3.51. The topological polar surface area (TPSA) is 65.6 Å². The maximum atomic E-state index is 12.3. The second-order valence-electron chi connectivity index (χ2n) is 7.29. The molecule has 0 bridgehead atoms. The second kappa shape index (κ2) is 9.33. The van der Waals surface area contributed by atoms with Crippen molar-refractivity contribution in [1.82, 2.24) is 5.32 Å². The van der Waals surface area contributed by atoms with Crippen LogP contribution in [0.5, 0.6) is 11.5 Å². The number of ether oxygens (including phenoxy) is 1. The molecule has 2 amide bonds. The Bertz CT molecular complexity index is 959. The number of carbonyl (C=O) groups is 1. The van der Waals surface area contributed by atoms with E-state index in [1.165, 1.54) is 5.69 Å². The molecule has 6 nitrogen and oxygen atoms in total. The van der Waals surface area contributed by atoms with Gasteiger partial charge in [-0.25, -0.2) is 4.79 Å². The number of carbonyl (C=O) groups excluding carboxylic acids is 1. The summed E-state index contributed by atoms with van der Waals surface area (Å²) in [7, 11) is 2.00. The van der Waals surface area contributed by atoms with E-state index in [1.54, 1.807) is 0 Å². The average molecular weight is 402 g/mol. The SMILES string of the molecule is CNC1CCN(c2ccc(NC(=O)Nc3ccc(Oc4ccccc4)cc3)cc2)C1. The van der Waals surface area contributed by atoms with Crippen LogP contribution in [-0.2, 0) is 0 Å². The monoisotopic (exact) mass is 402 g/mol. The number of amides is 2. The van der Waals surface area contributed by atoms with Crippen molar-refractivity contribution in [2.45, 2.75) is 12.5 Å². The average Bonchev–Trinajstić information content (AvgIpc) is 3.26. The predicted octanol–water partition coefficient (Wildman–Crippen LogP) is 4.92. The summed E-state index contributed by atoms with van der Waals surface area (Å²) in [6, 6.07) is 25.1. The maximum absolute atomic E-state index is 12.3. The van der Waals surface area contributed by atoms with Crippen LogP contribution in [0.1, 0.15) is 6.42 Å². The minimum atomic E-state index is -0.282. The molecule has 0 aliphatic carbocycles. The number of hydrogen-bond acceptors (Lipinski definition) is 4. The number of benzene rings is 3. The third-order valence-corrected chi connectivity index (χ3v) is 5.18. The molecule has 1 aliphatic heterocycles. The van der Waals surface area contributed by atoms with Crippen LogP contribution in [0.15, 0.2) is 78.9 Å². The first-order valence-corrected chi connectivity index (χ1v) is 10.1. The van der Waals surface area contributed by atoms with E-state index in [1.807, 2.05) is 85.9 Å². The van der Waals surface area contributed by atoms with Crippen LogP contribution in [0, 0.1) is 0 Å². The van der Waals surface area contributed by atoms with E-state index in [-0.39, 0.29) is 6.03 Å². The highest BCUT2D eigenvalue weighted by Crippen LogP contribution is 2.24. The van der Waals surface area contributed by atoms with Gasteiger partial charge in [0, 0.05) is 36.2 Å². The molecule has 1 unspecified atom stereocenters. The number of hydrogen-bond donors (Lipinski definition) is 3. The summed E-state index contributed by atoms with van der Waals surface area (Å²) in [5, 5.41) is 9.04. The number of para-hydroxylation sites is 1. The van der Waals surface area contributed by atoms with Crippen molar-refractivity contribution < 1.29 is 9.53 Å². The molecule has 3 aromatic rings. The Labute approximate surface area is 176 Å². The Morgan fingerprint density at radius 2 is 1.47 bits per heavy atom. The highest BCUT2D eigenvalue weighted by molar-refractivity contribution is 5.99. The lowest BCUT2D eigenvalue weighted by molar-refractivity contribution is 0.262. The number of likely N-dealkylation sites (N-methyl/N-ethyl adjacent to an activating group) is 1. The molecule has 6 heteroatoms. The van der Waals surface area contributed by atoms with Gasteiger partial charge in [0.1, 0.15) is 11.5 Å². The standard InChI is InChI=1S/C24H26N4O2/c1-25-20-15-16-28(17-20)21-11-7-18(8-12-21)26-24(29)27-19-9-13-23(14-10-19)30-22-5-3-2-4-6-22/h2-14,20,25H,15-17H2,1H3,(H2,26,27,29). The van der Waals surface area contributed by atoms with Crippen LogP contribution in [-0.4, -0.2) is 32.2 Å². The van der Waals surface area contributed by atoms with E-state index in [9.17, 15) is 4.79 Å². The first-order chi connectivity index (χ1) is 14.7. The molecule has 4 rings (SSSR count). The first kappa shape index (κ1) is 19.8. The molecule has 1 atom stereocenters. The first-order valence-electron chi connectivity index (χ1n) is 10.1. The summed E-state index contributed by atoms with van der Waals surface area (Å²) in [5.74, 6) is 1.49. The minimum Gasteiger partial charge on any atom is -0.457 e. The van der Waals surface area contributed by atoms with E-state index in [2.05, 4.69) is 20.9 Å². The molecule has 30 heavy (non-hydrogen) atoms. The van der Waals surface area contributed by atoms with Crippen molar-refractivity contribution >= 4 is 23.1 Å². The van der Waals surface area contributed by atoms with Gasteiger partial charge >= 0.3 is 6.03 Å². The van der Waals surface area contributed by atoms with E-state index < -0.39 is 0 Å². The van der Waals surface area contributed by atoms with Gasteiger partial charge in [0.25, 0.3) is 0 Å². The quantitative estimate of drug-likeness (QED) is 0.547. The number of urea groups is 1. The van der Waals surface area contributed by atoms with Crippen LogP contribution in [0.3, 0.4) is 0 Å². The van der Waals surface area contributed by atoms with Crippen LogP contribution in [0.4, 0.5) is 21.9 Å². The number of rotatable bonds is 6. The Hall–Kier alpha value is -3.51. The van der Waals surface area contributed by atoms with Crippen molar-refractivity contribution in [2.75, 3.05) is 35.7 Å². The molecule has 1 heterocycles. The summed E-state index contributed by atoms with van der Waals surface area (Å²) >= 11 is 0. The third-order valence-electron chi connectivity index (χ3n) is 5.18. The Balaban J connectivity index is 1.29. The van der Waals surface area contributed by atoms with Gasteiger partial charge in [-0.05, 0) is 74.1 Å². The van der Waals surface area contributed by atoms with E-state index in [4.69, 9.17) is 4.74 Å². The van der Waals surface area contributed by atoms with E-state index in [0.717, 1.165) is 30.9 Å². The van der Waals surface area contributed by atoms with Gasteiger partial charge in [-0.15, -0.1) is 0 Å². The van der Waals surface area contributed by atoms with Gasteiger partial charge in [0.15, 0.2) is 0 Å². The summed E-state index contributed by atoms with van der Waals surface area (Å²) in [4.78, 5) is 14.7. The molecule has 0 saturated carbocycles. The molecule has 1 saturated heterocycles. The predicted molar refractivity (Wildman–Crippen MR) is 122 cm³/mol. The molecule has 1 fully saturated rings.